The molecule has 1 aromatic carbocycles. The number of para-hydroxylation sites is 1. The fourth-order valence-electron chi connectivity index (χ4n) is 3.23. The molecule has 0 bridgehead atoms. The maximum Gasteiger partial charge on any atom is 0.260 e. The summed E-state index contributed by atoms with van der Waals surface area (Å²) < 4.78 is 7.21. The van der Waals surface area contributed by atoms with Gasteiger partial charge in [-0.1, -0.05) is 18.2 Å². The van der Waals surface area contributed by atoms with Gasteiger partial charge in [0.1, 0.15) is 5.75 Å². The number of carbonyl (C=O) groups is 2. The van der Waals surface area contributed by atoms with Gasteiger partial charge < -0.3 is 15.0 Å². The third kappa shape index (κ3) is 3.50. The lowest BCUT2D eigenvalue weighted by Crippen LogP contribution is -2.59. The van der Waals surface area contributed by atoms with E-state index in [1.165, 1.54) is 0 Å². The summed E-state index contributed by atoms with van der Waals surface area (Å²) in [7, 11) is 1.60. The first-order valence-corrected chi connectivity index (χ1v) is 8.34. The Hall–Kier alpha value is -2.83. The molecule has 3 rings (SSSR count). The molecule has 1 aliphatic heterocycles. The van der Waals surface area contributed by atoms with E-state index < -0.39 is 5.54 Å². The molecule has 1 aromatic heterocycles. The summed E-state index contributed by atoms with van der Waals surface area (Å²) in [6.07, 6.45) is 4.77. The highest BCUT2D eigenvalue weighted by molar-refractivity contribution is 5.86. The molecule has 132 valence electrons. The second kappa shape index (κ2) is 7.38. The van der Waals surface area contributed by atoms with E-state index in [1.807, 2.05) is 30.3 Å². The number of likely N-dealkylation sites (tertiary alicyclic amines) is 1. The summed E-state index contributed by atoms with van der Waals surface area (Å²) >= 11 is 0. The molecule has 2 aromatic rings. The van der Waals surface area contributed by atoms with Crippen molar-refractivity contribution < 1.29 is 14.3 Å². The van der Waals surface area contributed by atoms with E-state index in [-0.39, 0.29) is 25.0 Å². The van der Waals surface area contributed by atoms with Gasteiger partial charge in [-0.2, -0.15) is 5.10 Å². The molecule has 0 spiro atoms. The maximum absolute atomic E-state index is 12.6. The molecule has 0 saturated carbocycles. The van der Waals surface area contributed by atoms with Crippen LogP contribution in [0.5, 0.6) is 5.75 Å². The van der Waals surface area contributed by atoms with Crippen LogP contribution in [-0.4, -0.2) is 53.2 Å². The molecule has 1 saturated heterocycles. The van der Waals surface area contributed by atoms with Gasteiger partial charge in [-0.3, -0.25) is 14.3 Å². The molecule has 25 heavy (non-hydrogen) atoms. The number of likely N-dealkylation sites (N-methyl/N-ethyl adjacent to an activating group) is 1. The number of piperidine rings is 1. The number of carbonyl (C=O) groups excluding carboxylic acids is 2. The smallest absolute Gasteiger partial charge is 0.260 e. The topological polar surface area (TPSA) is 76.5 Å². The largest absolute Gasteiger partial charge is 0.484 e. The Labute approximate surface area is 146 Å². The Balaban J connectivity index is 1.72. The summed E-state index contributed by atoms with van der Waals surface area (Å²) in [5.41, 5.74) is -0.876. The Morgan fingerprint density at radius 3 is 2.76 bits per heavy atom. The Morgan fingerprint density at radius 1 is 1.28 bits per heavy atom. The van der Waals surface area contributed by atoms with Gasteiger partial charge in [-0.25, -0.2) is 0 Å². The highest BCUT2D eigenvalue weighted by Crippen LogP contribution is 2.29. The van der Waals surface area contributed by atoms with Crippen LogP contribution in [0.3, 0.4) is 0 Å². The summed E-state index contributed by atoms with van der Waals surface area (Å²) in [6.45, 7) is 0.843. The average Bonchev–Trinajstić information content (AvgIpc) is 3.21. The molecule has 1 N–H and O–H groups in total. The fourth-order valence-corrected chi connectivity index (χ4v) is 3.23. The van der Waals surface area contributed by atoms with Gasteiger partial charge in [0.25, 0.3) is 5.91 Å². The van der Waals surface area contributed by atoms with Gasteiger partial charge in [-0.05, 0) is 31.0 Å². The van der Waals surface area contributed by atoms with E-state index in [4.69, 9.17) is 4.74 Å². The summed E-state index contributed by atoms with van der Waals surface area (Å²) in [6, 6.07) is 11.0. The predicted molar refractivity (Wildman–Crippen MR) is 92.0 cm³/mol. The third-order valence-electron chi connectivity index (χ3n) is 4.52. The number of hydrogen-bond acceptors (Lipinski definition) is 4. The van der Waals surface area contributed by atoms with E-state index in [2.05, 4.69) is 10.4 Å². The van der Waals surface area contributed by atoms with E-state index >= 15 is 0 Å². The first kappa shape index (κ1) is 17.0. The third-order valence-corrected chi connectivity index (χ3v) is 4.52. The first-order chi connectivity index (χ1) is 12.2. The second-order valence-electron chi connectivity index (χ2n) is 6.08. The molecule has 1 atom stereocenters. The van der Waals surface area contributed by atoms with E-state index in [0.717, 1.165) is 6.42 Å². The van der Waals surface area contributed by atoms with Crippen molar-refractivity contribution in [3.05, 3.63) is 48.8 Å². The molecular weight excluding hydrogens is 320 g/mol. The van der Waals surface area contributed by atoms with Crippen LogP contribution >= 0.6 is 0 Å². The molecule has 7 heteroatoms. The van der Waals surface area contributed by atoms with Crippen molar-refractivity contribution in [3.63, 3.8) is 0 Å². The van der Waals surface area contributed by atoms with Crippen LogP contribution in [0.25, 0.3) is 0 Å². The van der Waals surface area contributed by atoms with Crippen LogP contribution in [0.15, 0.2) is 48.8 Å². The first-order valence-electron chi connectivity index (χ1n) is 8.34. The summed E-state index contributed by atoms with van der Waals surface area (Å²) in [5, 5.41) is 6.97. The normalized spacial score (nSPS) is 20.1. The van der Waals surface area contributed by atoms with Crippen molar-refractivity contribution in [1.82, 2.24) is 20.0 Å². The monoisotopic (exact) mass is 342 g/mol. The quantitative estimate of drug-likeness (QED) is 0.880. The zero-order valence-electron chi connectivity index (χ0n) is 14.2. The number of ether oxygens (including phenoxy) is 1. The minimum atomic E-state index is -0.876. The molecule has 0 aliphatic carbocycles. The second-order valence-corrected chi connectivity index (χ2v) is 6.08. The predicted octanol–water partition coefficient (Wildman–Crippen LogP) is 1.03. The number of amides is 2. The molecule has 1 aliphatic rings. The summed E-state index contributed by atoms with van der Waals surface area (Å²) in [5.74, 6) is 0.374. The van der Waals surface area contributed by atoms with E-state index in [0.29, 0.717) is 18.7 Å². The van der Waals surface area contributed by atoms with Crippen LogP contribution < -0.4 is 10.1 Å². The van der Waals surface area contributed by atoms with Gasteiger partial charge in [-0.15, -0.1) is 0 Å². The minimum Gasteiger partial charge on any atom is -0.484 e. The standard InChI is InChI=1S/C18H22N4O3/c1-19-17(24)18(22-12-6-10-20-22)9-5-11-21(14-18)16(23)13-25-15-7-3-2-4-8-15/h2-4,6-8,10,12H,5,9,11,13-14H2,1H3,(H,19,24). The molecule has 1 unspecified atom stereocenters. The molecular formula is C18H22N4O3. The van der Waals surface area contributed by atoms with Crippen molar-refractivity contribution in [3.8, 4) is 5.75 Å². The Morgan fingerprint density at radius 2 is 2.08 bits per heavy atom. The van der Waals surface area contributed by atoms with Crippen LogP contribution in [-0.2, 0) is 15.1 Å². The molecule has 7 nitrogen and oxygen atoms in total. The van der Waals surface area contributed by atoms with Crippen molar-refractivity contribution in [1.29, 1.82) is 0 Å². The number of hydrogen-bond donors (Lipinski definition) is 1. The zero-order valence-corrected chi connectivity index (χ0v) is 14.2. The lowest BCUT2D eigenvalue weighted by molar-refractivity contribution is -0.142. The average molecular weight is 342 g/mol. The lowest BCUT2D eigenvalue weighted by atomic mass is 9.88. The molecule has 0 radical (unpaired) electrons. The highest BCUT2D eigenvalue weighted by Gasteiger charge is 2.45. The molecule has 2 heterocycles. The van der Waals surface area contributed by atoms with Crippen LogP contribution in [0.2, 0.25) is 0 Å². The van der Waals surface area contributed by atoms with Crippen molar-refractivity contribution in [2.75, 3.05) is 26.7 Å². The van der Waals surface area contributed by atoms with Gasteiger partial charge in [0.2, 0.25) is 5.91 Å². The van der Waals surface area contributed by atoms with Crippen molar-refractivity contribution in [2.45, 2.75) is 18.4 Å². The SMILES string of the molecule is CNC(=O)C1(n2cccn2)CCCN(C(=O)COc2ccccc2)C1. The number of rotatable bonds is 5. The van der Waals surface area contributed by atoms with Gasteiger partial charge >= 0.3 is 0 Å². The van der Waals surface area contributed by atoms with Gasteiger partial charge in [0, 0.05) is 26.0 Å². The fraction of sp³-hybridized carbons (Fsp3) is 0.389. The van der Waals surface area contributed by atoms with Gasteiger partial charge in [0.05, 0.1) is 6.54 Å². The maximum atomic E-state index is 12.6. The Kier molecular flexibility index (Phi) is 5.02. The zero-order chi connectivity index (χ0) is 17.7. The number of aromatic nitrogens is 2. The van der Waals surface area contributed by atoms with Gasteiger partial charge in [0.15, 0.2) is 12.1 Å². The lowest BCUT2D eigenvalue weighted by Gasteiger charge is -2.41. The van der Waals surface area contributed by atoms with Crippen LogP contribution in [0.4, 0.5) is 0 Å². The van der Waals surface area contributed by atoms with Crippen LogP contribution in [0, 0.1) is 0 Å². The van der Waals surface area contributed by atoms with E-state index in [9.17, 15) is 9.59 Å². The molecule has 2 amide bonds. The number of benzene rings is 1. The van der Waals surface area contributed by atoms with Crippen molar-refractivity contribution in [2.24, 2.45) is 0 Å². The van der Waals surface area contributed by atoms with Crippen molar-refractivity contribution >= 4 is 11.8 Å². The minimum absolute atomic E-state index is 0.0487. The highest BCUT2D eigenvalue weighted by atomic mass is 16.5. The summed E-state index contributed by atoms with van der Waals surface area (Å²) in [4.78, 5) is 26.9. The van der Waals surface area contributed by atoms with Crippen LogP contribution in [0.1, 0.15) is 12.8 Å². The number of nitrogens with zero attached hydrogens (tertiary/aromatic N) is 3. The van der Waals surface area contributed by atoms with E-state index in [1.54, 1.807) is 35.1 Å². The number of nitrogens with one attached hydrogen (secondary N) is 1. The molecule has 1 fully saturated rings. The Bertz CT molecular complexity index is 717.